The number of nitrogens with zero attached hydrogens (tertiary/aromatic N) is 1. The highest BCUT2D eigenvalue weighted by Gasteiger charge is 2.29. The van der Waals surface area contributed by atoms with E-state index in [-0.39, 0.29) is 28.5 Å². The van der Waals surface area contributed by atoms with Crippen LogP contribution >= 0.6 is 11.6 Å². The minimum atomic E-state index is -0.547. The number of anilines is 2. The van der Waals surface area contributed by atoms with Crippen molar-refractivity contribution in [2.45, 2.75) is 13.0 Å². The molecule has 1 fully saturated rings. The number of halogens is 3. The molecular formula is C19H21ClF2N3O+. The van der Waals surface area contributed by atoms with Gasteiger partial charge in [0.25, 0.3) is 5.91 Å². The fraction of sp³-hybridized carbons (Fsp3) is 0.316. The Kier molecular flexibility index (Phi) is 5.74. The van der Waals surface area contributed by atoms with Gasteiger partial charge in [-0.2, -0.15) is 0 Å². The van der Waals surface area contributed by atoms with E-state index in [0.29, 0.717) is 0 Å². The number of rotatable bonds is 4. The predicted molar refractivity (Wildman–Crippen MR) is 98.8 cm³/mol. The van der Waals surface area contributed by atoms with Crippen LogP contribution in [-0.2, 0) is 4.79 Å². The van der Waals surface area contributed by atoms with Gasteiger partial charge in [0.05, 0.1) is 31.9 Å². The lowest BCUT2D eigenvalue weighted by molar-refractivity contribution is -0.914. The van der Waals surface area contributed by atoms with E-state index in [0.717, 1.165) is 36.8 Å². The van der Waals surface area contributed by atoms with Crippen molar-refractivity contribution in [1.82, 2.24) is 0 Å². The van der Waals surface area contributed by atoms with Crippen LogP contribution in [0.4, 0.5) is 20.2 Å². The van der Waals surface area contributed by atoms with Crippen LogP contribution < -0.4 is 15.1 Å². The van der Waals surface area contributed by atoms with Gasteiger partial charge < -0.3 is 15.1 Å². The summed E-state index contributed by atoms with van der Waals surface area (Å²) in [5, 5.41) is 2.92. The molecule has 1 heterocycles. The van der Waals surface area contributed by atoms with E-state index in [9.17, 15) is 13.6 Å². The lowest BCUT2D eigenvalue weighted by Gasteiger charge is -2.36. The first-order chi connectivity index (χ1) is 12.4. The molecule has 1 saturated heterocycles. The SMILES string of the molecule is C[C@@H](C(=O)Nc1ccc(Cl)cc1F)[NH+]1CCN(c2ccc(F)cc2)CC1. The van der Waals surface area contributed by atoms with E-state index in [1.54, 1.807) is 18.2 Å². The number of nitrogens with one attached hydrogen (secondary N) is 2. The van der Waals surface area contributed by atoms with Crippen LogP contribution in [0.2, 0.25) is 5.02 Å². The molecule has 4 nitrogen and oxygen atoms in total. The summed E-state index contributed by atoms with van der Waals surface area (Å²) < 4.78 is 26.9. The summed E-state index contributed by atoms with van der Waals surface area (Å²) in [5.74, 6) is -1.02. The molecule has 0 aromatic heterocycles. The summed E-state index contributed by atoms with van der Waals surface area (Å²) in [7, 11) is 0. The zero-order chi connectivity index (χ0) is 18.7. The Labute approximate surface area is 156 Å². The first-order valence-electron chi connectivity index (χ1n) is 8.55. The average molecular weight is 381 g/mol. The number of quaternary nitrogens is 1. The molecule has 0 radical (unpaired) electrons. The van der Waals surface area contributed by atoms with Crippen LogP contribution in [0.5, 0.6) is 0 Å². The molecule has 1 amide bonds. The maximum absolute atomic E-state index is 13.8. The fourth-order valence-corrected chi connectivity index (χ4v) is 3.31. The van der Waals surface area contributed by atoms with Crippen LogP contribution in [0.15, 0.2) is 42.5 Å². The topological polar surface area (TPSA) is 36.8 Å². The molecule has 7 heteroatoms. The first kappa shape index (κ1) is 18.6. The third kappa shape index (κ3) is 4.31. The number of benzene rings is 2. The molecule has 138 valence electrons. The fourth-order valence-electron chi connectivity index (χ4n) is 3.15. The van der Waals surface area contributed by atoms with Gasteiger partial charge in [0.15, 0.2) is 6.04 Å². The number of carbonyl (C=O) groups excluding carboxylic acids is 1. The van der Waals surface area contributed by atoms with Crippen molar-refractivity contribution >= 4 is 28.9 Å². The zero-order valence-corrected chi connectivity index (χ0v) is 15.2. The third-order valence-corrected chi connectivity index (χ3v) is 5.03. The molecule has 1 aliphatic rings. The smallest absolute Gasteiger partial charge is 0.282 e. The standard InChI is InChI=1S/C19H20ClF2N3O/c1-13(19(26)23-18-7-2-14(20)12-17(18)22)24-8-10-25(11-9-24)16-5-3-15(21)4-6-16/h2-7,12-13H,8-11H2,1H3,(H,23,26)/p+1/t13-/m0/s1. The van der Waals surface area contributed by atoms with Gasteiger partial charge in [-0.1, -0.05) is 11.6 Å². The highest BCUT2D eigenvalue weighted by atomic mass is 35.5. The quantitative estimate of drug-likeness (QED) is 0.854. The number of amides is 1. The molecular weight excluding hydrogens is 360 g/mol. The lowest BCUT2D eigenvalue weighted by Crippen LogP contribution is -3.19. The Hall–Kier alpha value is -2.18. The molecule has 0 bridgehead atoms. The Bertz CT molecular complexity index is 777. The number of hydrogen-bond acceptors (Lipinski definition) is 2. The average Bonchev–Trinajstić information content (AvgIpc) is 2.64. The van der Waals surface area contributed by atoms with Crippen molar-refractivity contribution in [2.24, 2.45) is 0 Å². The molecule has 1 atom stereocenters. The summed E-state index contributed by atoms with van der Waals surface area (Å²) >= 11 is 5.73. The number of hydrogen-bond donors (Lipinski definition) is 2. The van der Waals surface area contributed by atoms with Gasteiger partial charge in [-0.3, -0.25) is 4.79 Å². The van der Waals surface area contributed by atoms with Crippen molar-refractivity contribution in [3.05, 3.63) is 59.1 Å². The summed E-state index contributed by atoms with van der Waals surface area (Å²) in [6, 6.07) is 10.3. The molecule has 0 spiro atoms. The highest BCUT2D eigenvalue weighted by molar-refractivity contribution is 6.30. The van der Waals surface area contributed by atoms with Gasteiger partial charge in [0.1, 0.15) is 11.6 Å². The monoisotopic (exact) mass is 380 g/mol. The molecule has 0 unspecified atom stereocenters. The minimum Gasteiger partial charge on any atom is -0.360 e. The maximum atomic E-state index is 13.8. The summed E-state index contributed by atoms with van der Waals surface area (Å²) in [4.78, 5) is 15.8. The lowest BCUT2D eigenvalue weighted by atomic mass is 10.2. The van der Waals surface area contributed by atoms with Gasteiger partial charge in [-0.05, 0) is 49.4 Å². The Balaban J connectivity index is 1.56. The van der Waals surface area contributed by atoms with Crippen molar-refractivity contribution in [1.29, 1.82) is 0 Å². The van der Waals surface area contributed by atoms with Crippen LogP contribution in [0, 0.1) is 11.6 Å². The van der Waals surface area contributed by atoms with Gasteiger partial charge in [0.2, 0.25) is 0 Å². The van der Waals surface area contributed by atoms with Gasteiger partial charge >= 0.3 is 0 Å². The number of carbonyl (C=O) groups is 1. The molecule has 3 rings (SSSR count). The largest absolute Gasteiger partial charge is 0.360 e. The Morgan fingerprint density at radius 2 is 1.81 bits per heavy atom. The predicted octanol–water partition coefficient (Wildman–Crippen LogP) is 2.35. The van der Waals surface area contributed by atoms with Crippen LogP contribution in [0.25, 0.3) is 0 Å². The second kappa shape index (κ2) is 8.01. The second-order valence-corrected chi connectivity index (χ2v) is 6.89. The van der Waals surface area contributed by atoms with Crippen molar-refractivity contribution in [3.63, 3.8) is 0 Å². The van der Waals surface area contributed by atoms with E-state index in [1.165, 1.54) is 24.3 Å². The van der Waals surface area contributed by atoms with E-state index in [2.05, 4.69) is 10.2 Å². The number of piperazine rings is 1. The normalized spacial score (nSPS) is 16.4. The van der Waals surface area contributed by atoms with Gasteiger partial charge in [-0.15, -0.1) is 0 Å². The van der Waals surface area contributed by atoms with Crippen molar-refractivity contribution in [2.75, 3.05) is 36.4 Å². The summed E-state index contributed by atoms with van der Waals surface area (Å²) in [6.45, 7) is 4.93. The van der Waals surface area contributed by atoms with Crippen LogP contribution in [0.3, 0.4) is 0 Å². The second-order valence-electron chi connectivity index (χ2n) is 6.46. The summed E-state index contributed by atoms with van der Waals surface area (Å²) in [6.07, 6.45) is 0. The van der Waals surface area contributed by atoms with Crippen LogP contribution in [0.1, 0.15) is 6.92 Å². The van der Waals surface area contributed by atoms with Gasteiger partial charge in [-0.25, -0.2) is 8.78 Å². The van der Waals surface area contributed by atoms with E-state index >= 15 is 0 Å². The van der Waals surface area contributed by atoms with Gasteiger partial charge in [0, 0.05) is 10.7 Å². The van der Waals surface area contributed by atoms with E-state index in [4.69, 9.17) is 11.6 Å². The first-order valence-corrected chi connectivity index (χ1v) is 8.93. The molecule has 0 saturated carbocycles. The Morgan fingerprint density at radius 3 is 2.42 bits per heavy atom. The highest BCUT2D eigenvalue weighted by Crippen LogP contribution is 2.19. The van der Waals surface area contributed by atoms with Crippen molar-refractivity contribution < 1.29 is 18.5 Å². The molecule has 26 heavy (non-hydrogen) atoms. The van der Waals surface area contributed by atoms with Crippen LogP contribution in [-0.4, -0.2) is 38.1 Å². The third-order valence-electron chi connectivity index (χ3n) is 4.79. The maximum Gasteiger partial charge on any atom is 0.282 e. The molecule has 0 aliphatic carbocycles. The van der Waals surface area contributed by atoms with Crippen molar-refractivity contribution in [3.8, 4) is 0 Å². The minimum absolute atomic E-state index is 0.135. The van der Waals surface area contributed by atoms with E-state index in [1.807, 2.05) is 6.92 Å². The molecule has 2 N–H and O–H groups in total. The zero-order valence-electron chi connectivity index (χ0n) is 14.4. The Morgan fingerprint density at radius 1 is 1.15 bits per heavy atom. The van der Waals surface area contributed by atoms with E-state index < -0.39 is 5.82 Å². The molecule has 2 aromatic carbocycles. The summed E-state index contributed by atoms with van der Waals surface area (Å²) in [5.41, 5.74) is 1.11. The molecule has 1 aliphatic heterocycles. The molecule has 2 aromatic rings.